The smallest absolute Gasteiger partial charge is 0.284 e. The lowest BCUT2D eigenvalue weighted by molar-refractivity contribution is -0.00110. The molecule has 0 bridgehead atoms. The van der Waals surface area contributed by atoms with Crippen molar-refractivity contribution >= 4 is 6.29 Å². The van der Waals surface area contributed by atoms with Gasteiger partial charge in [-0.3, -0.25) is 4.79 Å². The van der Waals surface area contributed by atoms with E-state index in [1.807, 2.05) is 0 Å². The van der Waals surface area contributed by atoms with Crippen molar-refractivity contribution in [3.05, 3.63) is 0 Å². The Bertz CT molecular complexity index is 89.3. The molecule has 1 unspecified atom stereocenters. The van der Waals surface area contributed by atoms with E-state index in [0.717, 1.165) is 0 Å². The van der Waals surface area contributed by atoms with E-state index in [1.54, 1.807) is 0 Å². The first-order chi connectivity index (χ1) is 3.50. The highest BCUT2D eigenvalue weighted by atomic mass is 19.3. The summed E-state index contributed by atoms with van der Waals surface area (Å²) in [6.45, 7) is 0.602. The van der Waals surface area contributed by atoms with Crippen molar-refractivity contribution in [2.24, 2.45) is 0 Å². The Morgan fingerprint density at radius 2 is 2.00 bits per heavy atom. The lowest BCUT2D eigenvalue weighted by Gasteiger charge is -2.06. The van der Waals surface area contributed by atoms with E-state index in [4.69, 9.17) is 4.79 Å². The standard InChI is InChI=1S/C4H4F3O/c1-3(5)4(6,7)2-8/h3H,1H3. The molecule has 0 N–H and O–H groups in total. The third-order valence-electron chi connectivity index (χ3n) is 0.636. The zero-order valence-corrected chi connectivity index (χ0v) is 4.12. The third-order valence-corrected chi connectivity index (χ3v) is 0.636. The van der Waals surface area contributed by atoms with E-state index in [2.05, 4.69) is 0 Å². The molecule has 0 saturated heterocycles. The van der Waals surface area contributed by atoms with Crippen molar-refractivity contribution in [2.75, 3.05) is 0 Å². The number of rotatable bonds is 2. The van der Waals surface area contributed by atoms with Gasteiger partial charge in [0.05, 0.1) is 0 Å². The molecule has 4 heteroatoms. The van der Waals surface area contributed by atoms with E-state index in [0.29, 0.717) is 6.92 Å². The Hall–Kier alpha value is -0.540. The van der Waals surface area contributed by atoms with Gasteiger partial charge in [0.1, 0.15) is 0 Å². The predicted molar refractivity (Wildman–Crippen MR) is 21.2 cm³/mol. The van der Waals surface area contributed by atoms with Crippen molar-refractivity contribution in [3.63, 3.8) is 0 Å². The van der Waals surface area contributed by atoms with Gasteiger partial charge in [-0.15, -0.1) is 0 Å². The predicted octanol–water partition coefficient (Wildman–Crippen LogP) is 1.09. The highest BCUT2D eigenvalue weighted by molar-refractivity contribution is 5.61. The summed E-state index contributed by atoms with van der Waals surface area (Å²) >= 11 is 0. The van der Waals surface area contributed by atoms with E-state index >= 15 is 0 Å². The average Bonchev–Trinajstić information content (AvgIpc) is 1.67. The fourth-order valence-corrected chi connectivity index (χ4v) is 0.0812. The highest BCUT2D eigenvalue weighted by Gasteiger charge is 2.37. The molecule has 0 aromatic rings. The molecule has 8 heavy (non-hydrogen) atoms. The molecule has 1 nitrogen and oxygen atoms in total. The van der Waals surface area contributed by atoms with Crippen LogP contribution >= 0.6 is 0 Å². The Balaban J connectivity index is 3.90. The minimum Gasteiger partial charge on any atom is -0.284 e. The first kappa shape index (κ1) is 7.46. The molecular weight excluding hydrogens is 121 g/mol. The van der Waals surface area contributed by atoms with Crippen LogP contribution in [-0.4, -0.2) is 18.4 Å². The maximum absolute atomic E-state index is 11.5. The van der Waals surface area contributed by atoms with Crippen LogP contribution in [0.2, 0.25) is 0 Å². The van der Waals surface area contributed by atoms with Crippen LogP contribution in [0.15, 0.2) is 0 Å². The second kappa shape index (κ2) is 2.15. The lowest BCUT2D eigenvalue weighted by atomic mass is 10.3. The van der Waals surface area contributed by atoms with Crippen LogP contribution in [0.4, 0.5) is 13.2 Å². The quantitative estimate of drug-likeness (QED) is 0.539. The Labute approximate surface area is 44.5 Å². The summed E-state index contributed by atoms with van der Waals surface area (Å²) < 4.78 is 34.4. The fraction of sp³-hybridized carbons (Fsp3) is 0.750. The zero-order chi connectivity index (χ0) is 6.78. The third kappa shape index (κ3) is 1.52. The Kier molecular flexibility index (Phi) is 2.01. The first-order valence-corrected chi connectivity index (χ1v) is 1.92. The van der Waals surface area contributed by atoms with E-state index < -0.39 is 12.1 Å². The van der Waals surface area contributed by atoms with Gasteiger partial charge >= 0.3 is 5.92 Å². The van der Waals surface area contributed by atoms with Gasteiger partial charge in [0.2, 0.25) is 0 Å². The SMILES string of the molecule is CC(F)C(F)(F)[C]=O. The highest BCUT2D eigenvalue weighted by Crippen LogP contribution is 2.17. The van der Waals surface area contributed by atoms with Crippen LogP contribution in [0.25, 0.3) is 0 Å². The van der Waals surface area contributed by atoms with Crippen molar-refractivity contribution in [3.8, 4) is 0 Å². The van der Waals surface area contributed by atoms with Gasteiger partial charge in [0.15, 0.2) is 6.17 Å². The maximum atomic E-state index is 11.5. The van der Waals surface area contributed by atoms with E-state index in [1.165, 1.54) is 0 Å². The topological polar surface area (TPSA) is 17.1 Å². The molecule has 0 rings (SSSR count). The zero-order valence-electron chi connectivity index (χ0n) is 4.12. The minimum absolute atomic E-state index is 0.282. The van der Waals surface area contributed by atoms with Crippen molar-refractivity contribution in [1.29, 1.82) is 0 Å². The lowest BCUT2D eigenvalue weighted by Crippen LogP contribution is -2.28. The maximum Gasteiger partial charge on any atom is 0.343 e. The summed E-state index contributed by atoms with van der Waals surface area (Å²) in [4.78, 5) is 9.15. The average molecular weight is 125 g/mol. The van der Waals surface area contributed by atoms with Gasteiger partial charge in [-0.2, -0.15) is 8.78 Å². The molecule has 0 aromatic carbocycles. The van der Waals surface area contributed by atoms with E-state index in [9.17, 15) is 13.2 Å². The summed E-state index contributed by atoms with van der Waals surface area (Å²) in [5.41, 5.74) is 0. The number of halogens is 3. The minimum atomic E-state index is -3.93. The number of carbonyl (C=O) groups excluding carboxylic acids is 1. The van der Waals surface area contributed by atoms with Crippen LogP contribution in [0.1, 0.15) is 6.92 Å². The second-order valence-corrected chi connectivity index (χ2v) is 1.34. The molecule has 0 aliphatic heterocycles. The van der Waals surface area contributed by atoms with Crippen LogP contribution in [-0.2, 0) is 4.79 Å². The fourth-order valence-electron chi connectivity index (χ4n) is 0.0812. The largest absolute Gasteiger partial charge is 0.343 e. The van der Waals surface area contributed by atoms with Crippen LogP contribution < -0.4 is 0 Å². The summed E-state index contributed by atoms with van der Waals surface area (Å²) in [7, 11) is 0. The molecule has 0 spiro atoms. The van der Waals surface area contributed by atoms with Crippen LogP contribution in [0, 0.1) is 0 Å². The molecule has 0 aromatic heterocycles. The number of hydrogen-bond acceptors (Lipinski definition) is 1. The monoisotopic (exact) mass is 125 g/mol. The van der Waals surface area contributed by atoms with Crippen molar-refractivity contribution < 1.29 is 18.0 Å². The van der Waals surface area contributed by atoms with Gasteiger partial charge in [0, 0.05) is 0 Å². The number of alkyl halides is 3. The van der Waals surface area contributed by atoms with Crippen molar-refractivity contribution in [1.82, 2.24) is 0 Å². The Morgan fingerprint density at radius 3 is 2.00 bits per heavy atom. The summed E-state index contributed by atoms with van der Waals surface area (Å²) in [6.07, 6.45) is -2.16. The first-order valence-electron chi connectivity index (χ1n) is 1.92. The molecule has 0 aliphatic rings. The molecule has 0 heterocycles. The van der Waals surface area contributed by atoms with Crippen LogP contribution in [0.3, 0.4) is 0 Å². The molecule has 1 atom stereocenters. The van der Waals surface area contributed by atoms with Gasteiger partial charge in [-0.1, -0.05) is 0 Å². The summed E-state index contributed by atoms with van der Waals surface area (Å²) in [6, 6.07) is 0. The second-order valence-electron chi connectivity index (χ2n) is 1.34. The molecule has 0 amide bonds. The Morgan fingerprint density at radius 1 is 1.62 bits per heavy atom. The number of hydrogen-bond donors (Lipinski definition) is 0. The molecular formula is C4H4F3O. The summed E-state index contributed by atoms with van der Waals surface area (Å²) in [5.74, 6) is -3.93. The van der Waals surface area contributed by atoms with Crippen molar-refractivity contribution in [2.45, 2.75) is 19.0 Å². The van der Waals surface area contributed by atoms with Crippen LogP contribution in [0.5, 0.6) is 0 Å². The molecule has 0 saturated carbocycles. The van der Waals surface area contributed by atoms with Gasteiger partial charge in [-0.25, -0.2) is 4.39 Å². The van der Waals surface area contributed by atoms with Gasteiger partial charge in [0.25, 0.3) is 6.29 Å². The van der Waals surface area contributed by atoms with Gasteiger partial charge < -0.3 is 0 Å². The molecule has 0 aliphatic carbocycles. The van der Waals surface area contributed by atoms with Gasteiger partial charge in [-0.05, 0) is 6.92 Å². The molecule has 1 radical (unpaired) electrons. The normalized spacial score (nSPS) is 15.5. The molecule has 0 fully saturated rings. The molecule has 47 valence electrons. The summed E-state index contributed by atoms with van der Waals surface area (Å²) in [5, 5.41) is 0. The van der Waals surface area contributed by atoms with E-state index in [-0.39, 0.29) is 6.29 Å².